The summed E-state index contributed by atoms with van der Waals surface area (Å²) in [5.74, 6) is 0.0590. The van der Waals surface area contributed by atoms with Crippen molar-refractivity contribution in [2.24, 2.45) is 10.9 Å². The van der Waals surface area contributed by atoms with Crippen LogP contribution in [0.1, 0.15) is 49.5 Å². The van der Waals surface area contributed by atoms with Gasteiger partial charge in [0.2, 0.25) is 0 Å². The SMILES string of the molecule is CC(C)(C)c1ccccc1C(=O)N1CCCC1/C(N)=N/O. The highest BCUT2D eigenvalue weighted by molar-refractivity contribution is 5.99. The lowest BCUT2D eigenvalue weighted by molar-refractivity contribution is 0.0765. The fourth-order valence-corrected chi connectivity index (χ4v) is 2.86. The minimum atomic E-state index is -0.310. The summed E-state index contributed by atoms with van der Waals surface area (Å²) in [7, 11) is 0. The quantitative estimate of drug-likeness (QED) is 0.379. The molecule has 0 bridgehead atoms. The van der Waals surface area contributed by atoms with Crippen LogP contribution in [-0.2, 0) is 5.41 Å². The Balaban J connectivity index is 2.37. The van der Waals surface area contributed by atoms with E-state index in [0.717, 1.165) is 18.4 Å². The number of benzene rings is 1. The molecule has 5 heteroatoms. The third kappa shape index (κ3) is 3.01. The molecule has 1 amide bonds. The Labute approximate surface area is 125 Å². The first kappa shape index (κ1) is 15.4. The van der Waals surface area contributed by atoms with E-state index >= 15 is 0 Å². The third-order valence-electron chi connectivity index (χ3n) is 3.94. The summed E-state index contributed by atoms with van der Waals surface area (Å²) in [5.41, 5.74) is 7.31. The van der Waals surface area contributed by atoms with E-state index in [1.807, 2.05) is 24.3 Å². The van der Waals surface area contributed by atoms with Crippen molar-refractivity contribution >= 4 is 11.7 Å². The third-order valence-corrected chi connectivity index (χ3v) is 3.94. The topological polar surface area (TPSA) is 78.9 Å². The van der Waals surface area contributed by atoms with Crippen molar-refractivity contribution in [2.75, 3.05) is 6.54 Å². The van der Waals surface area contributed by atoms with E-state index in [-0.39, 0.29) is 23.2 Å². The van der Waals surface area contributed by atoms with Gasteiger partial charge in [0.25, 0.3) is 5.91 Å². The molecular formula is C16H23N3O2. The molecule has 0 saturated carbocycles. The van der Waals surface area contributed by atoms with Gasteiger partial charge in [0.05, 0.1) is 6.04 Å². The van der Waals surface area contributed by atoms with Crippen molar-refractivity contribution in [3.8, 4) is 0 Å². The second-order valence-electron chi connectivity index (χ2n) is 6.48. The predicted octanol–water partition coefficient (Wildman–Crippen LogP) is 2.34. The van der Waals surface area contributed by atoms with Gasteiger partial charge in [0.15, 0.2) is 5.84 Å². The highest BCUT2D eigenvalue weighted by Crippen LogP contribution is 2.28. The van der Waals surface area contributed by atoms with E-state index < -0.39 is 0 Å². The van der Waals surface area contributed by atoms with Crippen LogP contribution in [0, 0.1) is 0 Å². The maximum Gasteiger partial charge on any atom is 0.254 e. The Hall–Kier alpha value is -2.04. The average molecular weight is 289 g/mol. The normalized spacial score (nSPS) is 19.9. The number of amidine groups is 1. The zero-order chi connectivity index (χ0) is 15.6. The molecule has 0 spiro atoms. The number of nitrogens with two attached hydrogens (primary N) is 1. The molecule has 21 heavy (non-hydrogen) atoms. The molecule has 0 aromatic heterocycles. The molecule has 5 nitrogen and oxygen atoms in total. The van der Waals surface area contributed by atoms with E-state index in [1.54, 1.807) is 4.90 Å². The second kappa shape index (κ2) is 5.76. The summed E-state index contributed by atoms with van der Waals surface area (Å²) in [6.07, 6.45) is 1.60. The first-order valence-corrected chi connectivity index (χ1v) is 7.24. The maximum atomic E-state index is 12.9. The minimum absolute atomic E-state index is 0.0466. The van der Waals surface area contributed by atoms with Gasteiger partial charge in [0, 0.05) is 12.1 Å². The van der Waals surface area contributed by atoms with Crippen molar-refractivity contribution in [1.82, 2.24) is 4.90 Å². The smallest absolute Gasteiger partial charge is 0.254 e. The van der Waals surface area contributed by atoms with E-state index in [1.165, 1.54) is 0 Å². The average Bonchev–Trinajstić information content (AvgIpc) is 2.94. The first-order chi connectivity index (χ1) is 9.86. The number of nitrogens with zero attached hydrogens (tertiary/aromatic N) is 2. The van der Waals surface area contributed by atoms with Crippen LogP contribution in [0.2, 0.25) is 0 Å². The highest BCUT2D eigenvalue weighted by Gasteiger charge is 2.34. The van der Waals surface area contributed by atoms with Crippen LogP contribution < -0.4 is 5.73 Å². The van der Waals surface area contributed by atoms with Crippen LogP contribution in [0.4, 0.5) is 0 Å². The number of rotatable bonds is 2. The summed E-state index contributed by atoms with van der Waals surface area (Å²) in [5, 5.41) is 11.9. The van der Waals surface area contributed by atoms with E-state index in [0.29, 0.717) is 12.1 Å². The Bertz CT molecular complexity index is 561. The standard InChI is InChI=1S/C16H23N3O2/c1-16(2,3)12-8-5-4-7-11(12)15(20)19-10-6-9-13(19)14(17)18-21/h4-5,7-8,13,21H,6,9-10H2,1-3H3,(H2,17,18). The minimum Gasteiger partial charge on any atom is -0.409 e. The van der Waals surface area contributed by atoms with Crippen LogP contribution in [-0.4, -0.2) is 34.4 Å². The zero-order valence-electron chi connectivity index (χ0n) is 12.8. The Morgan fingerprint density at radius 2 is 2.05 bits per heavy atom. The molecule has 1 fully saturated rings. The van der Waals surface area contributed by atoms with Gasteiger partial charge in [-0.2, -0.15) is 0 Å². The van der Waals surface area contributed by atoms with Gasteiger partial charge in [-0.25, -0.2) is 0 Å². The van der Waals surface area contributed by atoms with Crippen molar-refractivity contribution < 1.29 is 10.0 Å². The van der Waals surface area contributed by atoms with Crippen LogP contribution in [0.25, 0.3) is 0 Å². The molecule has 1 heterocycles. The van der Waals surface area contributed by atoms with Gasteiger partial charge in [-0.1, -0.05) is 44.1 Å². The number of hydrogen-bond acceptors (Lipinski definition) is 3. The number of amides is 1. The van der Waals surface area contributed by atoms with Crippen molar-refractivity contribution in [3.63, 3.8) is 0 Å². The lowest BCUT2D eigenvalue weighted by Gasteiger charge is -2.28. The monoisotopic (exact) mass is 289 g/mol. The van der Waals surface area contributed by atoms with Crippen LogP contribution in [0.3, 0.4) is 0 Å². The molecule has 1 aliphatic heterocycles. The van der Waals surface area contributed by atoms with Crippen LogP contribution in [0.15, 0.2) is 29.4 Å². The Morgan fingerprint density at radius 1 is 1.38 bits per heavy atom. The summed E-state index contributed by atoms with van der Waals surface area (Å²) < 4.78 is 0. The van der Waals surface area contributed by atoms with Crippen molar-refractivity contribution in [2.45, 2.75) is 45.1 Å². The van der Waals surface area contributed by atoms with Crippen molar-refractivity contribution in [3.05, 3.63) is 35.4 Å². The van der Waals surface area contributed by atoms with Gasteiger partial charge < -0.3 is 15.8 Å². The summed E-state index contributed by atoms with van der Waals surface area (Å²) >= 11 is 0. The van der Waals surface area contributed by atoms with Gasteiger partial charge in [0.1, 0.15) is 0 Å². The summed E-state index contributed by atoms with van der Waals surface area (Å²) in [6, 6.07) is 7.35. The van der Waals surface area contributed by atoms with Crippen molar-refractivity contribution in [1.29, 1.82) is 0 Å². The number of hydrogen-bond donors (Lipinski definition) is 2. The number of oxime groups is 1. The van der Waals surface area contributed by atoms with E-state index in [2.05, 4.69) is 25.9 Å². The fraction of sp³-hybridized carbons (Fsp3) is 0.500. The van der Waals surface area contributed by atoms with Crippen LogP contribution in [0.5, 0.6) is 0 Å². The molecule has 1 aromatic rings. The van der Waals surface area contributed by atoms with Gasteiger partial charge in [-0.05, 0) is 29.9 Å². The molecule has 1 aliphatic rings. The lowest BCUT2D eigenvalue weighted by atomic mass is 9.83. The molecule has 1 aromatic carbocycles. The zero-order valence-corrected chi connectivity index (χ0v) is 12.8. The fourth-order valence-electron chi connectivity index (χ4n) is 2.86. The summed E-state index contributed by atoms with van der Waals surface area (Å²) in [6.45, 7) is 6.90. The first-order valence-electron chi connectivity index (χ1n) is 7.24. The Kier molecular flexibility index (Phi) is 4.21. The van der Waals surface area contributed by atoms with Gasteiger partial charge in [-0.15, -0.1) is 0 Å². The van der Waals surface area contributed by atoms with E-state index in [4.69, 9.17) is 10.9 Å². The highest BCUT2D eigenvalue weighted by atomic mass is 16.4. The molecule has 114 valence electrons. The molecule has 1 saturated heterocycles. The molecule has 0 aliphatic carbocycles. The number of likely N-dealkylation sites (tertiary alicyclic amines) is 1. The van der Waals surface area contributed by atoms with E-state index in [9.17, 15) is 4.79 Å². The molecule has 0 radical (unpaired) electrons. The lowest BCUT2D eigenvalue weighted by Crippen LogP contribution is -2.44. The predicted molar refractivity (Wildman–Crippen MR) is 82.6 cm³/mol. The molecule has 3 N–H and O–H groups in total. The molecule has 1 unspecified atom stereocenters. The number of carbonyl (C=O) groups excluding carboxylic acids is 1. The molecule has 2 rings (SSSR count). The second-order valence-corrected chi connectivity index (χ2v) is 6.48. The molecule has 1 atom stereocenters. The molecular weight excluding hydrogens is 266 g/mol. The number of carbonyl (C=O) groups is 1. The largest absolute Gasteiger partial charge is 0.409 e. The maximum absolute atomic E-state index is 12.9. The van der Waals surface area contributed by atoms with Crippen LogP contribution >= 0.6 is 0 Å². The van der Waals surface area contributed by atoms with Gasteiger partial charge in [-0.3, -0.25) is 4.79 Å². The Morgan fingerprint density at radius 3 is 2.67 bits per heavy atom. The summed E-state index contributed by atoms with van der Waals surface area (Å²) in [4.78, 5) is 14.6. The van der Waals surface area contributed by atoms with Gasteiger partial charge >= 0.3 is 0 Å².